The molecule has 0 aliphatic carbocycles. The van der Waals surface area contributed by atoms with E-state index in [0.29, 0.717) is 25.7 Å². The zero-order valence-corrected chi connectivity index (χ0v) is 59.8. The molecular formula is C73H130O17P2. The molecule has 0 aliphatic heterocycles. The van der Waals surface area contributed by atoms with Gasteiger partial charge in [0.25, 0.3) is 0 Å². The molecule has 3 N–H and O–H groups in total. The van der Waals surface area contributed by atoms with E-state index >= 15 is 0 Å². The maximum Gasteiger partial charge on any atom is 0.472 e. The molecule has 0 aromatic carbocycles. The van der Waals surface area contributed by atoms with Gasteiger partial charge in [-0.1, -0.05) is 268 Å². The smallest absolute Gasteiger partial charge is 0.462 e. The van der Waals surface area contributed by atoms with Gasteiger partial charge >= 0.3 is 39.5 Å². The Balaban J connectivity index is 5.34. The average Bonchev–Trinajstić information content (AvgIpc) is 2.73. The van der Waals surface area contributed by atoms with Gasteiger partial charge in [0, 0.05) is 25.7 Å². The van der Waals surface area contributed by atoms with Gasteiger partial charge in [-0.3, -0.25) is 37.3 Å². The fourth-order valence-electron chi connectivity index (χ4n) is 9.66. The van der Waals surface area contributed by atoms with Gasteiger partial charge in [-0.05, 0) is 89.9 Å². The normalized spacial score (nSPS) is 14.5. The molecule has 0 fully saturated rings. The summed E-state index contributed by atoms with van der Waals surface area (Å²) < 4.78 is 68.2. The first-order valence-corrected chi connectivity index (χ1v) is 39.2. The molecule has 92 heavy (non-hydrogen) atoms. The van der Waals surface area contributed by atoms with Crippen LogP contribution in [0.2, 0.25) is 0 Å². The van der Waals surface area contributed by atoms with Crippen molar-refractivity contribution >= 4 is 39.5 Å². The van der Waals surface area contributed by atoms with E-state index in [1.54, 1.807) is 0 Å². The fourth-order valence-corrected chi connectivity index (χ4v) is 11.2. The lowest BCUT2D eigenvalue weighted by molar-refractivity contribution is -0.161. The van der Waals surface area contributed by atoms with Crippen molar-refractivity contribution in [1.82, 2.24) is 0 Å². The lowest BCUT2D eigenvalue weighted by atomic mass is 10.0. The molecule has 5 atom stereocenters. The van der Waals surface area contributed by atoms with Crippen molar-refractivity contribution in [2.75, 3.05) is 39.6 Å². The predicted octanol–water partition coefficient (Wildman–Crippen LogP) is 20.1. The van der Waals surface area contributed by atoms with Crippen LogP contribution in [0.25, 0.3) is 0 Å². The van der Waals surface area contributed by atoms with Gasteiger partial charge in [0.15, 0.2) is 12.2 Å². The molecule has 0 aromatic heterocycles. The van der Waals surface area contributed by atoms with Crippen molar-refractivity contribution in [3.8, 4) is 0 Å². The lowest BCUT2D eigenvalue weighted by Gasteiger charge is -2.21. The van der Waals surface area contributed by atoms with E-state index in [9.17, 15) is 43.2 Å². The summed E-state index contributed by atoms with van der Waals surface area (Å²) in [7, 11) is -9.94. The highest BCUT2D eigenvalue weighted by Crippen LogP contribution is 2.45. The number of carbonyl (C=O) groups excluding carboxylic acids is 4. The third kappa shape index (κ3) is 65.2. The Labute approximate surface area is 558 Å². The van der Waals surface area contributed by atoms with Gasteiger partial charge in [-0.15, -0.1) is 0 Å². The Hall–Kier alpha value is -3.50. The summed E-state index contributed by atoms with van der Waals surface area (Å²) in [5.74, 6) is -2.22. The molecule has 5 unspecified atom stereocenters. The zero-order valence-electron chi connectivity index (χ0n) is 58.0. The minimum atomic E-state index is -4.98. The van der Waals surface area contributed by atoms with E-state index in [4.69, 9.17) is 37.0 Å². The topological polar surface area (TPSA) is 237 Å². The van der Waals surface area contributed by atoms with Crippen LogP contribution in [0.15, 0.2) is 72.9 Å². The molecule has 0 aromatic rings. The highest BCUT2D eigenvalue weighted by Gasteiger charge is 2.30. The van der Waals surface area contributed by atoms with E-state index in [1.165, 1.54) is 96.3 Å². The van der Waals surface area contributed by atoms with Crippen LogP contribution >= 0.6 is 15.6 Å². The number of hydrogen-bond donors (Lipinski definition) is 3. The molecule has 0 saturated carbocycles. The Morgan fingerprint density at radius 1 is 0.315 bits per heavy atom. The molecule has 0 rings (SSSR count). The number of rotatable bonds is 68. The van der Waals surface area contributed by atoms with Crippen LogP contribution in [0.5, 0.6) is 0 Å². The summed E-state index contributed by atoms with van der Waals surface area (Å²) in [5.41, 5.74) is 0. The number of ether oxygens (including phenoxy) is 4. The molecule has 19 heteroatoms. The fraction of sp³-hybridized carbons (Fsp3) is 0.781. The van der Waals surface area contributed by atoms with Gasteiger partial charge < -0.3 is 33.8 Å². The number of esters is 4. The van der Waals surface area contributed by atoms with Gasteiger partial charge in [-0.2, -0.15) is 0 Å². The maximum absolute atomic E-state index is 13.0. The molecule has 0 aliphatic rings. The maximum atomic E-state index is 13.0. The van der Waals surface area contributed by atoms with Crippen molar-refractivity contribution in [3.63, 3.8) is 0 Å². The van der Waals surface area contributed by atoms with Crippen molar-refractivity contribution in [3.05, 3.63) is 72.9 Å². The van der Waals surface area contributed by atoms with E-state index in [-0.39, 0.29) is 25.7 Å². The van der Waals surface area contributed by atoms with Crippen LogP contribution in [0, 0.1) is 0 Å². The first-order valence-electron chi connectivity index (χ1n) is 36.2. The summed E-state index contributed by atoms with van der Waals surface area (Å²) in [5, 5.41) is 10.6. The van der Waals surface area contributed by atoms with Gasteiger partial charge in [0.2, 0.25) is 0 Å². The zero-order chi connectivity index (χ0) is 67.5. The van der Waals surface area contributed by atoms with Gasteiger partial charge in [-0.25, -0.2) is 9.13 Å². The Kier molecular flexibility index (Phi) is 63.6. The molecule has 0 saturated heterocycles. The number of phosphoric ester groups is 2. The molecule has 0 heterocycles. The summed E-state index contributed by atoms with van der Waals surface area (Å²) in [4.78, 5) is 72.6. The van der Waals surface area contributed by atoms with Crippen LogP contribution in [0.3, 0.4) is 0 Å². The van der Waals surface area contributed by atoms with Crippen LogP contribution in [-0.2, 0) is 65.4 Å². The van der Waals surface area contributed by atoms with Crippen molar-refractivity contribution in [2.45, 2.75) is 329 Å². The van der Waals surface area contributed by atoms with E-state index in [0.717, 1.165) is 135 Å². The standard InChI is InChI=1S/C73H130O17P2/c1-5-9-13-17-21-25-29-32-33-36-39-42-46-50-54-58-71(76)84-64-69(90-73(78)60-56-52-48-44-40-35-31-27-23-19-15-11-7-3)66-88-92(81,82)86-62-67(74)61-85-91(79,80)87-65-68(89-72(77)59-55-51-47-43-37-28-24-20-16-12-8-4)63-83-70(75)57-53-49-45-41-38-34-30-26-22-18-14-10-6-2/h9,13,15,19,21,25,27,31-33,39,42,67-69,74H,5-8,10-12,14,16-18,20,22-24,26,28-30,34-38,40-41,43-66H2,1-4H3,(H,79,80)(H,81,82)/b13-9-,19-15-,25-21-,31-27-,33-32-,42-39-. The minimum Gasteiger partial charge on any atom is -0.462 e. The molecule has 0 amide bonds. The largest absolute Gasteiger partial charge is 0.472 e. The van der Waals surface area contributed by atoms with Crippen molar-refractivity contribution < 1.29 is 80.2 Å². The number of aliphatic hydroxyl groups is 1. The second kappa shape index (κ2) is 66.1. The van der Waals surface area contributed by atoms with Gasteiger partial charge in [0.1, 0.15) is 19.3 Å². The highest BCUT2D eigenvalue weighted by atomic mass is 31.2. The second-order valence-corrected chi connectivity index (χ2v) is 27.1. The Bertz CT molecular complexity index is 2040. The summed E-state index contributed by atoms with van der Waals surface area (Å²) in [6, 6.07) is 0. The molecule has 17 nitrogen and oxygen atoms in total. The first-order chi connectivity index (χ1) is 44.7. The quantitative estimate of drug-likeness (QED) is 0.0169. The third-order valence-corrected chi connectivity index (χ3v) is 17.1. The summed E-state index contributed by atoms with van der Waals surface area (Å²) in [6.07, 6.45) is 63.4. The second-order valence-electron chi connectivity index (χ2n) is 24.2. The van der Waals surface area contributed by atoms with E-state index < -0.39 is 97.5 Å². The number of hydrogen-bond acceptors (Lipinski definition) is 15. The SMILES string of the molecule is CC/C=C\C/C=C\C/C=C\C/C=C\CCCCC(=O)OCC(COP(=O)(O)OCC(O)COP(=O)(O)OCC(COC(=O)CCCCCCCCCCCCCCC)OC(=O)CCCCCCCCCCCCC)OC(=O)CCCCCCC/C=C\C/C=C\CCC. The lowest BCUT2D eigenvalue weighted by Crippen LogP contribution is -2.30. The molecule has 0 spiro atoms. The van der Waals surface area contributed by atoms with Crippen LogP contribution in [0.1, 0.15) is 310 Å². The number of phosphoric acid groups is 2. The summed E-state index contributed by atoms with van der Waals surface area (Å²) in [6.45, 7) is 4.64. The highest BCUT2D eigenvalue weighted by molar-refractivity contribution is 7.47. The summed E-state index contributed by atoms with van der Waals surface area (Å²) >= 11 is 0. The molecular weight excluding hydrogens is 1210 g/mol. The van der Waals surface area contributed by atoms with Crippen LogP contribution < -0.4 is 0 Å². The minimum absolute atomic E-state index is 0.0714. The van der Waals surface area contributed by atoms with Crippen LogP contribution in [0.4, 0.5) is 0 Å². The van der Waals surface area contributed by atoms with Crippen molar-refractivity contribution in [1.29, 1.82) is 0 Å². The Morgan fingerprint density at radius 2 is 0.587 bits per heavy atom. The monoisotopic (exact) mass is 1340 g/mol. The number of allylic oxidation sites excluding steroid dienone is 12. The van der Waals surface area contributed by atoms with E-state index in [2.05, 4.69) is 101 Å². The average molecular weight is 1340 g/mol. The predicted molar refractivity (Wildman–Crippen MR) is 372 cm³/mol. The number of carbonyl (C=O) groups is 4. The number of aliphatic hydroxyl groups excluding tert-OH is 1. The van der Waals surface area contributed by atoms with Gasteiger partial charge in [0.05, 0.1) is 26.4 Å². The molecule has 0 bridgehead atoms. The van der Waals surface area contributed by atoms with Crippen molar-refractivity contribution in [2.24, 2.45) is 0 Å². The number of unbranched alkanes of at least 4 members (excludes halogenated alkanes) is 30. The van der Waals surface area contributed by atoms with E-state index in [1.807, 2.05) is 0 Å². The molecule has 0 radical (unpaired) electrons. The third-order valence-electron chi connectivity index (χ3n) is 15.2. The first kappa shape index (κ1) is 88.5. The van der Waals surface area contributed by atoms with Crippen LogP contribution in [-0.4, -0.2) is 96.7 Å². The Morgan fingerprint density at radius 3 is 0.935 bits per heavy atom. The molecule has 534 valence electrons.